The largest absolute Gasteiger partial charge is 0.497 e. The number of halogens is 1. The maximum Gasteiger partial charge on any atom is 0.213 e. The first kappa shape index (κ1) is 25.9. The van der Waals surface area contributed by atoms with E-state index in [1.165, 1.54) is 5.56 Å². The molecule has 0 aliphatic carbocycles. The van der Waals surface area contributed by atoms with Gasteiger partial charge in [-0.2, -0.15) is 0 Å². The van der Waals surface area contributed by atoms with Gasteiger partial charge in [0.15, 0.2) is 5.96 Å². The molecule has 1 aromatic rings. The molecule has 29 heavy (non-hydrogen) atoms. The molecule has 0 aromatic heterocycles. The highest BCUT2D eigenvalue weighted by molar-refractivity contribution is 14.0. The zero-order valence-electron chi connectivity index (χ0n) is 17.1. The molecule has 0 bridgehead atoms. The Morgan fingerprint density at radius 2 is 1.93 bits per heavy atom. The number of ether oxygens (including phenoxy) is 2. The predicted octanol–water partition coefficient (Wildman–Crippen LogP) is 1.51. The second-order valence-corrected chi connectivity index (χ2v) is 8.61. The molecule has 1 aliphatic heterocycles. The van der Waals surface area contributed by atoms with Crippen LogP contribution < -0.4 is 20.1 Å². The highest BCUT2D eigenvalue weighted by Gasteiger charge is 2.17. The van der Waals surface area contributed by atoms with Gasteiger partial charge in [0.2, 0.25) is 10.0 Å². The molecule has 0 amide bonds. The van der Waals surface area contributed by atoms with E-state index in [0.29, 0.717) is 25.7 Å². The molecule has 1 atom stereocenters. The van der Waals surface area contributed by atoms with E-state index in [2.05, 4.69) is 20.3 Å². The average Bonchev–Trinajstić information content (AvgIpc) is 2.72. The second-order valence-electron chi connectivity index (χ2n) is 6.68. The molecule has 1 fully saturated rings. The standard InChI is InChI=1S/C19H32N4O4S.HI/c1-20-19(21-11-10-16-6-8-17(26-2)9-7-16)22-12-14-28(24,25)23-15-18-5-3-4-13-27-18;/h6-9,18,23H,3-5,10-15H2,1-2H3,(H2,20,21,22);1H. The van der Waals surface area contributed by atoms with Gasteiger partial charge in [-0.1, -0.05) is 12.1 Å². The van der Waals surface area contributed by atoms with Crippen LogP contribution in [0, 0.1) is 0 Å². The van der Waals surface area contributed by atoms with Crippen LogP contribution in [0.25, 0.3) is 0 Å². The first-order chi connectivity index (χ1) is 13.5. The van der Waals surface area contributed by atoms with E-state index in [1.807, 2.05) is 24.3 Å². The van der Waals surface area contributed by atoms with E-state index in [1.54, 1.807) is 14.2 Å². The molecule has 10 heteroatoms. The van der Waals surface area contributed by atoms with Crippen molar-refractivity contribution in [1.29, 1.82) is 0 Å². The summed E-state index contributed by atoms with van der Waals surface area (Å²) in [5, 5.41) is 6.23. The Kier molecular flexibility index (Phi) is 12.5. The van der Waals surface area contributed by atoms with Crippen molar-refractivity contribution in [2.45, 2.75) is 31.8 Å². The summed E-state index contributed by atoms with van der Waals surface area (Å²) in [6.07, 6.45) is 3.87. The fourth-order valence-electron chi connectivity index (χ4n) is 2.90. The predicted molar refractivity (Wildman–Crippen MR) is 127 cm³/mol. The lowest BCUT2D eigenvalue weighted by atomic mass is 10.1. The zero-order valence-corrected chi connectivity index (χ0v) is 20.3. The van der Waals surface area contributed by atoms with Crippen molar-refractivity contribution in [3.8, 4) is 5.75 Å². The van der Waals surface area contributed by atoms with E-state index in [4.69, 9.17) is 9.47 Å². The summed E-state index contributed by atoms with van der Waals surface area (Å²) in [6, 6.07) is 7.90. The molecule has 1 heterocycles. The van der Waals surface area contributed by atoms with Crippen LogP contribution in [0.4, 0.5) is 0 Å². The summed E-state index contributed by atoms with van der Waals surface area (Å²) in [7, 11) is -0.0350. The Hall–Kier alpha value is -1.11. The Morgan fingerprint density at radius 3 is 2.55 bits per heavy atom. The number of methoxy groups -OCH3 is 1. The quantitative estimate of drug-likeness (QED) is 0.236. The molecular weight excluding hydrogens is 507 g/mol. The minimum Gasteiger partial charge on any atom is -0.497 e. The van der Waals surface area contributed by atoms with Crippen LogP contribution in [-0.2, 0) is 21.2 Å². The Bertz CT molecular complexity index is 707. The highest BCUT2D eigenvalue weighted by Crippen LogP contribution is 2.12. The molecule has 3 N–H and O–H groups in total. The fourth-order valence-corrected chi connectivity index (χ4v) is 3.86. The summed E-state index contributed by atoms with van der Waals surface area (Å²) < 4.78 is 37.6. The number of benzene rings is 1. The van der Waals surface area contributed by atoms with Gasteiger partial charge in [-0.15, -0.1) is 24.0 Å². The lowest BCUT2D eigenvalue weighted by molar-refractivity contribution is 0.0200. The van der Waals surface area contributed by atoms with Gasteiger partial charge in [0, 0.05) is 33.3 Å². The van der Waals surface area contributed by atoms with Crippen LogP contribution >= 0.6 is 24.0 Å². The lowest BCUT2D eigenvalue weighted by Gasteiger charge is -2.22. The van der Waals surface area contributed by atoms with Crippen LogP contribution in [0.2, 0.25) is 0 Å². The molecule has 8 nitrogen and oxygen atoms in total. The highest BCUT2D eigenvalue weighted by atomic mass is 127. The molecule has 2 rings (SSSR count). The molecule has 166 valence electrons. The topological polar surface area (TPSA) is 101 Å². The third-order valence-electron chi connectivity index (χ3n) is 4.56. The number of sulfonamides is 1. The number of hydrogen-bond acceptors (Lipinski definition) is 5. The molecule has 0 radical (unpaired) electrons. The minimum atomic E-state index is -3.34. The summed E-state index contributed by atoms with van der Waals surface area (Å²) in [4.78, 5) is 4.12. The second kappa shape index (κ2) is 14.0. The number of guanidine groups is 1. The average molecular weight is 540 g/mol. The number of rotatable bonds is 10. The molecule has 1 unspecified atom stereocenters. The normalized spacial score (nSPS) is 17.3. The smallest absolute Gasteiger partial charge is 0.213 e. The van der Waals surface area contributed by atoms with Gasteiger partial charge in [0.25, 0.3) is 0 Å². The van der Waals surface area contributed by atoms with Crippen molar-refractivity contribution in [1.82, 2.24) is 15.4 Å². The summed E-state index contributed by atoms with van der Waals surface area (Å²) in [6.45, 7) is 2.03. The SMILES string of the molecule is CN=C(NCCc1ccc(OC)cc1)NCCS(=O)(=O)NCC1CCCCO1.I. The minimum absolute atomic E-state index is 0. The van der Waals surface area contributed by atoms with E-state index in [0.717, 1.165) is 31.4 Å². The third-order valence-corrected chi connectivity index (χ3v) is 5.90. The maximum absolute atomic E-state index is 12.1. The molecule has 1 aromatic carbocycles. The number of hydrogen-bond donors (Lipinski definition) is 3. The van der Waals surface area contributed by atoms with Gasteiger partial charge in [0.05, 0.1) is 19.0 Å². The van der Waals surface area contributed by atoms with Crippen molar-refractivity contribution < 1.29 is 17.9 Å². The lowest BCUT2D eigenvalue weighted by Crippen LogP contribution is -2.43. The van der Waals surface area contributed by atoms with Crippen molar-refractivity contribution >= 4 is 40.0 Å². The number of nitrogens with zero attached hydrogens (tertiary/aromatic N) is 1. The van der Waals surface area contributed by atoms with Crippen LogP contribution in [-0.4, -0.2) is 66.6 Å². The fraction of sp³-hybridized carbons (Fsp3) is 0.632. The first-order valence-electron chi connectivity index (χ1n) is 9.69. The Labute approximate surface area is 191 Å². The Balaban J connectivity index is 0.00000420. The van der Waals surface area contributed by atoms with Gasteiger partial charge >= 0.3 is 0 Å². The van der Waals surface area contributed by atoms with Crippen LogP contribution in [0.5, 0.6) is 5.75 Å². The summed E-state index contributed by atoms with van der Waals surface area (Å²) >= 11 is 0. The monoisotopic (exact) mass is 540 g/mol. The van der Waals surface area contributed by atoms with Crippen LogP contribution in [0.3, 0.4) is 0 Å². The maximum atomic E-state index is 12.1. The zero-order chi connectivity index (χ0) is 20.2. The molecule has 0 saturated carbocycles. The third kappa shape index (κ3) is 10.5. The Morgan fingerprint density at radius 1 is 1.21 bits per heavy atom. The van der Waals surface area contributed by atoms with Crippen LogP contribution in [0.1, 0.15) is 24.8 Å². The van der Waals surface area contributed by atoms with Crippen LogP contribution in [0.15, 0.2) is 29.3 Å². The number of aliphatic imine (C=N–C) groups is 1. The first-order valence-corrected chi connectivity index (χ1v) is 11.3. The molecule has 1 saturated heterocycles. The van der Waals surface area contributed by atoms with Crippen molar-refractivity contribution in [3.05, 3.63) is 29.8 Å². The van der Waals surface area contributed by atoms with Crippen molar-refractivity contribution in [3.63, 3.8) is 0 Å². The van der Waals surface area contributed by atoms with E-state index in [-0.39, 0.29) is 42.4 Å². The van der Waals surface area contributed by atoms with E-state index >= 15 is 0 Å². The molecule has 0 spiro atoms. The van der Waals surface area contributed by atoms with Gasteiger partial charge in [-0.05, 0) is 43.4 Å². The van der Waals surface area contributed by atoms with E-state index < -0.39 is 10.0 Å². The summed E-state index contributed by atoms with van der Waals surface area (Å²) in [5.74, 6) is 1.40. The van der Waals surface area contributed by atoms with Crippen molar-refractivity contribution in [2.75, 3.05) is 46.2 Å². The molecule has 1 aliphatic rings. The summed E-state index contributed by atoms with van der Waals surface area (Å²) in [5.41, 5.74) is 1.18. The number of nitrogens with one attached hydrogen (secondary N) is 3. The van der Waals surface area contributed by atoms with Gasteiger partial charge in [-0.3, -0.25) is 4.99 Å². The van der Waals surface area contributed by atoms with E-state index in [9.17, 15) is 8.42 Å². The van der Waals surface area contributed by atoms with Gasteiger partial charge in [0.1, 0.15) is 5.75 Å². The molecular formula is C19H33IN4O4S. The van der Waals surface area contributed by atoms with Gasteiger partial charge < -0.3 is 20.1 Å². The van der Waals surface area contributed by atoms with Gasteiger partial charge in [-0.25, -0.2) is 13.1 Å². The van der Waals surface area contributed by atoms with Crippen molar-refractivity contribution in [2.24, 2.45) is 4.99 Å².